The fourth-order valence-electron chi connectivity index (χ4n) is 0.392. The Morgan fingerprint density at radius 1 is 1.78 bits per heavy atom. The normalized spacial score (nSPS) is 17.2. The third kappa shape index (κ3) is 4.53. The van der Waals surface area contributed by atoms with Gasteiger partial charge in [0.05, 0.1) is 6.61 Å². The Morgan fingerprint density at radius 3 is 2.44 bits per heavy atom. The molecule has 0 bridgehead atoms. The summed E-state index contributed by atoms with van der Waals surface area (Å²) in [6.07, 6.45) is 0.642. The molecule has 0 aliphatic rings. The zero-order chi connectivity index (χ0) is 7.28. The predicted octanol–water partition coefficient (Wildman–Crippen LogP) is -0.516. The van der Waals surface area contributed by atoms with Gasteiger partial charge in [-0.2, -0.15) is 0 Å². The van der Waals surface area contributed by atoms with E-state index >= 15 is 0 Å². The maximum absolute atomic E-state index is 10.0. The summed E-state index contributed by atoms with van der Waals surface area (Å²) in [7, 11) is 0. The average Bonchev–Trinajstić information content (AvgIpc) is 1.82. The van der Waals surface area contributed by atoms with E-state index in [4.69, 9.17) is 9.66 Å². The molecular weight excluding hydrogens is 142 g/mol. The smallest absolute Gasteiger partial charge is 0.232 e. The molecular formula is C4H11NO3S. The molecule has 0 saturated heterocycles. The van der Waals surface area contributed by atoms with Crippen molar-refractivity contribution in [3.05, 3.63) is 0 Å². The highest BCUT2D eigenvalue weighted by atomic mass is 32.2. The van der Waals surface area contributed by atoms with Gasteiger partial charge in [-0.25, -0.2) is 8.93 Å². The van der Waals surface area contributed by atoms with Crippen LogP contribution in [0, 0.1) is 0 Å². The van der Waals surface area contributed by atoms with Gasteiger partial charge in [0.25, 0.3) is 0 Å². The molecule has 0 amide bonds. The van der Waals surface area contributed by atoms with Crippen molar-refractivity contribution in [2.24, 2.45) is 0 Å². The molecule has 4 nitrogen and oxygen atoms in total. The second kappa shape index (κ2) is 4.87. The van der Waals surface area contributed by atoms with Crippen molar-refractivity contribution in [1.82, 2.24) is 4.72 Å². The van der Waals surface area contributed by atoms with Crippen LogP contribution >= 0.6 is 0 Å². The number of rotatable bonds is 4. The quantitative estimate of drug-likeness (QED) is 0.476. The lowest BCUT2D eigenvalue weighted by atomic mass is 10.3. The molecule has 56 valence electrons. The van der Waals surface area contributed by atoms with Crippen LogP contribution < -0.4 is 4.72 Å². The van der Waals surface area contributed by atoms with Crippen LogP contribution in [0.25, 0.3) is 0 Å². The molecule has 0 rings (SSSR count). The van der Waals surface area contributed by atoms with Crippen molar-refractivity contribution >= 4 is 11.3 Å². The third-order valence-electron chi connectivity index (χ3n) is 0.981. The summed E-state index contributed by atoms with van der Waals surface area (Å²) in [5.41, 5.74) is 0. The van der Waals surface area contributed by atoms with Crippen molar-refractivity contribution < 1.29 is 13.9 Å². The zero-order valence-corrected chi connectivity index (χ0v) is 6.02. The molecule has 9 heavy (non-hydrogen) atoms. The zero-order valence-electron chi connectivity index (χ0n) is 5.20. The van der Waals surface area contributed by atoms with Crippen LogP contribution in [0.4, 0.5) is 0 Å². The molecule has 2 unspecified atom stereocenters. The number of aliphatic hydroxyl groups is 1. The molecule has 0 spiro atoms. The van der Waals surface area contributed by atoms with Gasteiger partial charge < -0.3 is 5.11 Å². The lowest BCUT2D eigenvalue weighted by Crippen LogP contribution is -2.32. The predicted molar refractivity (Wildman–Crippen MR) is 35.1 cm³/mol. The summed E-state index contributed by atoms with van der Waals surface area (Å²) < 4.78 is 20.5. The molecule has 0 saturated carbocycles. The first-order chi connectivity index (χ1) is 4.20. The third-order valence-corrected chi connectivity index (χ3v) is 1.52. The van der Waals surface area contributed by atoms with Gasteiger partial charge in [0, 0.05) is 6.04 Å². The molecule has 0 aliphatic carbocycles. The average molecular weight is 153 g/mol. The Morgan fingerprint density at radius 2 is 2.33 bits per heavy atom. The van der Waals surface area contributed by atoms with E-state index in [1.54, 1.807) is 0 Å². The molecule has 0 aromatic carbocycles. The molecule has 0 aliphatic heterocycles. The Balaban J connectivity index is 3.43. The van der Waals surface area contributed by atoms with Gasteiger partial charge in [0.15, 0.2) is 0 Å². The van der Waals surface area contributed by atoms with Gasteiger partial charge in [-0.05, 0) is 6.42 Å². The summed E-state index contributed by atoms with van der Waals surface area (Å²) in [6, 6.07) is -0.268. The maximum atomic E-state index is 10.0. The van der Waals surface area contributed by atoms with Crippen LogP contribution in [0.1, 0.15) is 13.3 Å². The monoisotopic (exact) mass is 153 g/mol. The topological polar surface area (TPSA) is 69.6 Å². The Bertz CT molecular complexity index is 93.8. The van der Waals surface area contributed by atoms with Crippen molar-refractivity contribution in [2.45, 2.75) is 19.4 Å². The fourth-order valence-corrected chi connectivity index (χ4v) is 0.919. The van der Waals surface area contributed by atoms with Gasteiger partial charge in [-0.1, -0.05) is 6.92 Å². The lowest BCUT2D eigenvalue weighted by molar-refractivity contribution is 0.253. The van der Waals surface area contributed by atoms with E-state index in [2.05, 4.69) is 4.72 Å². The van der Waals surface area contributed by atoms with Crippen LogP contribution in [0.3, 0.4) is 0 Å². The van der Waals surface area contributed by atoms with Gasteiger partial charge in [0.1, 0.15) is 0 Å². The molecule has 5 heteroatoms. The van der Waals surface area contributed by atoms with E-state index in [0.717, 1.165) is 0 Å². The summed E-state index contributed by atoms with van der Waals surface area (Å²) in [6.45, 7) is 1.71. The molecule has 0 fully saturated rings. The maximum Gasteiger partial charge on any atom is 0.232 e. The highest BCUT2D eigenvalue weighted by Crippen LogP contribution is 1.87. The van der Waals surface area contributed by atoms with Crippen LogP contribution in [0.2, 0.25) is 0 Å². The minimum atomic E-state index is -2.01. The molecule has 0 aromatic heterocycles. The SMILES string of the molecule is CCC(CO)NS(=O)O. The molecule has 0 heterocycles. The van der Waals surface area contributed by atoms with Crippen LogP contribution in [-0.2, 0) is 11.3 Å². The number of aliphatic hydroxyl groups excluding tert-OH is 1. The largest absolute Gasteiger partial charge is 0.395 e. The molecule has 0 radical (unpaired) electrons. The molecule has 3 N–H and O–H groups in total. The second-order valence-electron chi connectivity index (χ2n) is 1.65. The first kappa shape index (κ1) is 9.03. The van der Waals surface area contributed by atoms with Gasteiger partial charge in [-0.3, -0.25) is 4.55 Å². The van der Waals surface area contributed by atoms with Gasteiger partial charge >= 0.3 is 0 Å². The number of nitrogens with one attached hydrogen (secondary N) is 1. The summed E-state index contributed by atoms with van der Waals surface area (Å²) in [5, 5.41) is 8.47. The second-order valence-corrected chi connectivity index (χ2v) is 2.39. The Labute approximate surface area is 56.7 Å². The minimum absolute atomic E-state index is 0.108. The fraction of sp³-hybridized carbons (Fsp3) is 1.00. The van der Waals surface area contributed by atoms with E-state index in [1.165, 1.54) is 0 Å². The lowest BCUT2D eigenvalue weighted by Gasteiger charge is -2.08. The van der Waals surface area contributed by atoms with Crippen LogP contribution in [0.5, 0.6) is 0 Å². The first-order valence-electron chi connectivity index (χ1n) is 2.68. The molecule has 2 atom stereocenters. The highest BCUT2D eigenvalue weighted by molar-refractivity contribution is 7.77. The van der Waals surface area contributed by atoms with E-state index in [-0.39, 0.29) is 12.6 Å². The van der Waals surface area contributed by atoms with Crippen LogP contribution in [-0.4, -0.2) is 26.5 Å². The summed E-state index contributed by atoms with van der Waals surface area (Å²) in [5.74, 6) is 0. The number of hydrogen-bond donors (Lipinski definition) is 3. The van der Waals surface area contributed by atoms with E-state index in [9.17, 15) is 4.21 Å². The highest BCUT2D eigenvalue weighted by Gasteiger charge is 2.04. The van der Waals surface area contributed by atoms with Gasteiger partial charge in [0.2, 0.25) is 11.3 Å². The van der Waals surface area contributed by atoms with E-state index < -0.39 is 11.3 Å². The van der Waals surface area contributed by atoms with Crippen LogP contribution in [0.15, 0.2) is 0 Å². The Kier molecular flexibility index (Phi) is 4.88. The van der Waals surface area contributed by atoms with Crippen molar-refractivity contribution in [2.75, 3.05) is 6.61 Å². The molecule has 0 aromatic rings. The van der Waals surface area contributed by atoms with E-state index in [1.807, 2.05) is 6.92 Å². The first-order valence-corrected chi connectivity index (χ1v) is 3.79. The van der Waals surface area contributed by atoms with Crippen molar-refractivity contribution in [3.63, 3.8) is 0 Å². The van der Waals surface area contributed by atoms with Crippen molar-refractivity contribution in [3.8, 4) is 0 Å². The van der Waals surface area contributed by atoms with Crippen molar-refractivity contribution in [1.29, 1.82) is 0 Å². The summed E-state index contributed by atoms with van der Waals surface area (Å²) >= 11 is -2.01. The standard InChI is InChI=1S/C4H11NO3S/c1-2-4(3-6)5-9(7)8/h4-6H,2-3H2,1H3,(H,7,8). The van der Waals surface area contributed by atoms with Gasteiger partial charge in [-0.15, -0.1) is 0 Å². The van der Waals surface area contributed by atoms with E-state index in [0.29, 0.717) is 6.42 Å². The number of hydrogen-bond acceptors (Lipinski definition) is 2. The summed E-state index contributed by atoms with van der Waals surface area (Å²) in [4.78, 5) is 0. The Hall–Kier alpha value is 0.0300. The minimum Gasteiger partial charge on any atom is -0.395 e.